The van der Waals surface area contributed by atoms with Crippen molar-refractivity contribution in [2.75, 3.05) is 13.2 Å². The summed E-state index contributed by atoms with van der Waals surface area (Å²) in [4.78, 5) is 38.1. The summed E-state index contributed by atoms with van der Waals surface area (Å²) in [7, 11) is 0. The monoisotopic (exact) mass is 1110 g/mol. The van der Waals surface area contributed by atoms with E-state index in [1.54, 1.807) is 0 Å². The highest BCUT2D eigenvalue weighted by molar-refractivity contribution is 5.71. The van der Waals surface area contributed by atoms with Crippen LogP contribution in [0.4, 0.5) is 0 Å². The molecule has 0 aliphatic rings. The van der Waals surface area contributed by atoms with Gasteiger partial charge >= 0.3 is 17.9 Å². The van der Waals surface area contributed by atoms with Crippen LogP contribution in [0.25, 0.3) is 0 Å². The second-order valence-electron chi connectivity index (χ2n) is 23.8. The maximum absolute atomic E-state index is 12.9. The summed E-state index contributed by atoms with van der Waals surface area (Å²) in [6, 6.07) is 0. The quantitative estimate of drug-likeness (QED) is 0.0261. The third-order valence-corrected chi connectivity index (χ3v) is 15.8. The first-order chi connectivity index (χ1) is 39.0. The van der Waals surface area contributed by atoms with Crippen LogP contribution in [-0.2, 0) is 28.6 Å². The molecule has 6 heteroatoms. The van der Waals surface area contributed by atoms with E-state index in [4.69, 9.17) is 14.2 Å². The van der Waals surface area contributed by atoms with Crippen molar-refractivity contribution in [3.63, 3.8) is 0 Å². The number of carbonyl (C=O) groups excluding carboxylic acids is 3. The third-order valence-electron chi connectivity index (χ3n) is 15.8. The van der Waals surface area contributed by atoms with Gasteiger partial charge in [0.05, 0.1) is 0 Å². The Labute approximate surface area is 492 Å². The van der Waals surface area contributed by atoms with Crippen molar-refractivity contribution >= 4 is 17.9 Å². The highest BCUT2D eigenvalue weighted by Crippen LogP contribution is 2.19. The SMILES string of the molecule is CC/C=C\C/C=C\C/C=C\C/C=C\CCCCCCCCCCCCCCCCCCC(=O)OCC(COC(=O)CCCCCCCC)OC(=O)CCCCCCCCCCCCCCCCCCCCCCCCCCCC. The van der Waals surface area contributed by atoms with E-state index in [1.165, 1.54) is 257 Å². The number of esters is 3. The summed E-state index contributed by atoms with van der Waals surface area (Å²) in [5, 5.41) is 0. The molecule has 0 aromatic carbocycles. The summed E-state index contributed by atoms with van der Waals surface area (Å²) in [5.74, 6) is -0.851. The van der Waals surface area contributed by atoms with Crippen LogP contribution in [0.3, 0.4) is 0 Å². The number of hydrogen-bond donors (Lipinski definition) is 0. The molecule has 1 atom stereocenters. The first kappa shape index (κ1) is 76.4. The predicted molar refractivity (Wildman–Crippen MR) is 344 cm³/mol. The molecule has 0 saturated carbocycles. The van der Waals surface area contributed by atoms with Crippen molar-refractivity contribution in [1.82, 2.24) is 0 Å². The Morgan fingerprint density at radius 3 is 0.772 bits per heavy atom. The van der Waals surface area contributed by atoms with Crippen LogP contribution >= 0.6 is 0 Å². The van der Waals surface area contributed by atoms with E-state index in [-0.39, 0.29) is 31.1 Å². The number of hydrogen-bond acceptors (Lipinski definition) is 6. The van der Waals surface area contributed by atoms with E-state index in [0.29, 0.717) is 19.3 Å². The molecule has 0 fully saturated rings. The Morgan fingerprint density at radius 2 is 0.494 bits per heavy atom. The molecule has 0 aliphatic carbocycles. The van der Waals surface area contributed by atoms with Gasteiger partial charge in [0, 0.05) is 19.3 Å². The average molecular weight is 1110 g/mol. The van der Waals surface area contributed by atoms with E-state index in [1.807, 2.05) is 0 Å². The summed E-state index contributed by atoms with van der Waals surface area (Å²) >= 11 is 0. The Balaban J connectivity index is 3.97. The highest BCUT2D eigenvalue weighted by Gasteiger charge is 2.19. The lowest BCUT2D eigenvalue weighted by atomic mass is 10.0. The highest BCUT2D eigenvalue weighted by atomic mass is 16.6. The molecule has 0 N–H and O–H groups in total. The van der Waals surface area contributed by atoms with Gasteiger partial charge in [0.15, 0.2) is 6.10 Å². The lowest BCUT2D eigenvalue weighted by molar-refractivity contribution is -0.167. The number of carbonyl (C=O) groups is 3. The first-order valence-corrected chi connectivity index (χ1v) is 35.1. The molecule has 0 saturated heterocycles. The Kier molecular flexibility index (Phi) is 65.6. The second kappa shape index (κ2) is 67.9. The second-order valence-corrected chi connectivity index (χ2v) is 23.8. The lowest BCUT2D eigenvalue weighted by Crippen LogP contribution is -2.30. The van der Waals surface area contributed by atoms with Crippen molar-refractivity contribution in [2.24, 2.45) is 0 Å². The molecular weight excluding hydrogens is 973 g/mol. The number of unbranched alkanes of at least 4 members (excludes halogenated alkanes) is 46. The van der Waals surface area contributed by atoms with Gasteiger partial charge in [0.2, 0.25) is 0 Å². The number of allylic oxidation sites excluding steroid dienone is 8. The van der Waals surface area contributed by atoms with Crippen LogP contribution in [0.2, 0.25) is 0 Å². The molecule has 0 heterocycles. The molecule has 0 radical (unpaired) electrons. The summed E-state index contributed by atoms with van der Waals surface area (Å²) < 4.78 is 16.9. The predicted octanol–water partition coefficient (Wildman–Crippen LogP) is 24.1. The van der Waals surface area contributed by atoms with Crippen LogP contribution in [0.1, 0.15) is 380 Å². The normalized spacial score (nSPS) is 12.3. The van der Waals surface area contributed by atoms with E-state index < -0.39 is 6.10 Å². The largest absolute Gasteiger partial charge is 0.462 e. The van der Waals surface area contributed by atoms with Gasteiger partial charge in [-0.25, -0.2) is 0 Å². The smallest absolute Gasteiger partial charge is 0.306 e. The van der Waals surface area contributed by atoms with Crippen molar-refractivity contribution in [3.8, 4) is 0 Å². The molecule has 0 aliphatic heterocycles. The molecule has 462 valence electrons. The fourth-order valence-corrected chi connectivity index (χ4v) is 10.6. The van der Waals surface area contributed by atoms with Gasteiger partial charge in [-0.2, -0.15) is 0 Å². The molecule has 1 unspecified atom stereocenters. The third kappa shape index (κ3) is 66.1. The molecule has 0 bridgehead atoms. The van der Waals surface area contributed by atoms with Crippen LogP contribution in [-0.4, -0.2) is 37.2 Å². The van der Waals surface area contributed by atoms with Crippen molar-refractivity contribution in [1.29, 1.82) is 0 Å². The van der Waals surface area contributed by atoms with E-state index in [9.17, 15) is 14.4 Å². The van der Waals surface area contributed by atoms with Crippen LogP contribution in [0.15, 0.2) is 48.6 Å². The molecule has 0 aromatic heterocycles. The molecule has 0 amide bonds. The summed E-state index contributed by atoms with van der Waals surface area (Å²) in [6.07, 6.45) is 86.2. The number of rotatable bonds is 65. The zero-order chi connectivity index (χ0) is 57.1. The topological polar surface area (TPSA) is 78.9 Å². The summed E-state index contributed by atoms with van der Waals surface area (Å²) in [5.41, 5.74) is 0. The van der Waals surface area contributed by atoms with Crippen LogP contribution < -0.4 is 0 Å². The van der Waals surface area contributed by atoms with Gasteiger partial charge < -0.3 is 14.2 Å². The first-order valence-electron chi connectivity index (χ1n) is 35.1. The van der Waals surface area contributed by atoms with Gasteiger partial charge in [0.25, 0.3) is 0 Å². The lowest BCUT2D eigenvalue weighted by Gasteiger charge is -2.18. The molecule has 0 rings (SSSR count). The minimum Gasteiger partial charge on any atom is -0.462 e. The fourth-order valence-electron chi connectivity index (χ4n) is 10.6. The summed E-state index contributed by atoms with van der Waals surface area (Å²) in [6.45, 7) is 6.54. The van der Waals surface area contributed by atoms with Crippen molar-refractivity contribution in [2.45, 2.75) is 386 Å². The molecule has 0 aromatic rings. The molecule has 0 spiro atoms. The number of ether oxygens (including phenoxy) is 3. The average Bonchev–Trinajstić information content (AvgIpc) is 3.45. The standard InChI is InChI=1S/C73H134O6/c1-4-7-10-13-16-18-20-22-24-26-28-30-32-34-36-37-38-40-41-43-45-47-49-51-53-55-57-60-63-66-72(75)78-69-70(68-77-71(74)65-62-59-15-12-9-6-3)79-73(76)67-64-61-58-56-54-52-50-48-46-44-42-39-35-33-31-29-27-25-23-21-19-17-14-11-8-5-2/h7,10,16,18,22,24,28,30,70H,4-6,8-9,11-15,17,19-21,23,25-27,29,31-69H2,1-3H3/b10-7-,18-16-,24-22-,30-28-. The van der Waals surface area contributed by atoms with Crippen LogP contribution in [0.5, 0.6) is 0 Å². The van der Waals surface area contributed by atoms with E-state index in [2.05, 4.69) is 69.4 Å². The molecule has 79 heavy (non-hydrogen) atoms. The zero-order valence-corrected chi connectivity index (χ0v) is 53.2. The van der Waals surface area contributed by atoms with Gasteiger partial charge in [-0.3, -0.25) is 14.4 Å². The van der Waals surface area contributed by atoms with Gasteiger partial charge in [-0.1, -0.05) is 352 Å². The van der Waals surface area contributed by atoms with Crippen molar-refractivity contribution in [3.05, 3.63) is 48.6 Å². The van der Waals surface area contributed by atoms with Gasteiger partial charge in [-0.15, -0.1) is 0 Å². The maximum atomic E-state index is 12.9. The molecule has 6 nitrogen and oxygen atoms in total. The minimum atomic E-state index is -0.767. The van der Waals surface area contributed by atoms with Gasteiger partial charge in [0.1, 0.15) is 13.2 Å². The molecular formula is C73H134O6. The van der Waals surface area contributed by atoms with E-state index >= 15 is 0 Å². The van der Waals surface area contributed by atoms with E-state index in [0.717, 1.165) is 83.5 Å². The minimum absolute atomic E-state index is 0.0673. The fraction of sp³-hybridized carbons (Fsp3) is 0.849. The van der Waals surface area contributed by atoms with Crippen LogP contribution in [0, 0.1) is 0 Å². The maximum Gasteiger partial charge on any atom is 0.306 e. The Hall–Kier alpha value is -2.63. The van der Waals surface area contributed by atoms with Gasteiger partial charge in [-0.05, 0) is 57.8 Å². The van der Waals surface area contributed by atoms with Crippen molar-refractivity contribution < 1.29 is 28.6 Å². The Morgan fingerprint density at radius 1 is 0.266 bits per heavy atom. The zero-order valence-electron chi connectivity index (χ0n) is 53.2. The Bertz CT molecular complexity index is 1360.